The van der Waals surface area contributed by atoms with Gasteiger partial charge in [0.1, 0.15) is 7.02 Å². The summed E-state index contributed by atoms with van der Waals surface area (Å²) in [5.41, 5.74) is 0.712. The molecule has 0 spiro atoms. The van der Waals surface area contributed by atoms with Crippen molar-refractivity contribution in [1.29, 1.82) is 0 Å². The molecule has 3 heteroatoms. The fourth-order valence-electron chi connectivity index (χ4n) is 0.929. The Morgan fingerprint density at radius 2 is 2.38 bits per heavy atom. The zero-order valence-corrected chi connectivity index (χ0v) is 8.47. The molecular weight excluding hydrogens is 231 g/mol. The van der Waals surface area contributed by atoms with Crippen LogP contribution in [-0.2, 0) is 4.74 Å². The second-order valence-corrected chi connectivity index (χ2v) is 6.00. The minimum atomic E-state index is 0.116. The van der Waals surface area contributed by atoms with E-state index >= 15 is 0 Å². The second kappa shape index (κ2) is 3.84. The predicted molar refractivity (Wildman–Crippen MR) is 46.2 cm³/mol. The van der Waals surface area contributed by atoms with E-state index in [1.54, 1.807) is 0 Å². The second-order valence-electron chi connectivity index (χ2n) is 2.14. The van der Waals surface area contributed by atoms with Crippen LogP contribution in [0.15, 0.2) is 0 Å². The van der Waals surface area contributed by atoms with Crippen LogP contribution in [0.25, 0.3) is 0 Å². The van der Waals surface area contributed by atoms with Gasteiger partial charge in [-0.2, -0.15) is 0 Å². The van der Waals surface area contributed by atoms with Crippen molar-refractivity contribution >= 4 is 28.8 Å². The van der Waals surface area contributed by atoms with Gasteiger partial charge < -0.3 is 4.74 Å². The van der Waals surface area contributed by atoms with E-state index in [2.05, 4.69) is 21.8 Å². The van der Waals surface area contributed by atoms with Crippen molar-refractivity contribution in [2.75, 3.05) is 6.61 Å². The Balaban J connectivity index is 2.13. The van der Waals surface area contributed by atoms with Crippen LogP contribution in [0.5, 0.6) is 0 Å². The van der Waals surface area contributed by atoms with Crippen LogP contribution < -0.4 is 0 Å². The Bertz CT molecular complexity index is 63.4. The summed E-state index contributed by atoms with van der Waals surface area (Å²) in [6.07, 6.45) is 4.04. The molecule has 1 unspecified atom stereocenters. The molecule has 48 valence electrons. The topological polar surface area (TPSA) is 9.23 Å². The predicted octanol–water partition coefficient (Wildman–Crippen LogP) is 1.03. The van der Waals surface area contributed by atoms with Crippen LogP contribution in [0.2, 0.25) is 0 Å². The Labute approximate surface area is 65.2 Å². The molecule has 1 saturated heterocycles. The minimum absolute atomic E-state index is 0.116. The van der Waals surface area contributed by atoms with Crippen LogP contribution in [0.3, 0.4) is 0 Å². The van der Waals surface area contributed by atoms with Crippen LogP contribution in [0.1, 0.15) is 19.3 Å². The third-order valence-electron chi connectivity index (χ3n) is 1.45. The lowest BCUT2D eigenvalue weighted by molar-refractivity contribution is 0.0671. The average Bonchev–Trinajstić information content (AvgIpc) is 1.90. The maximum absolute atomic E-state index is 5.48. The third kappa shape index (κ3) is 2.03. The first-order valence-corrected chi connectivity index (χ1v) is 9.04. The molecule has 0 saturated carbocycles. The quantitative estimate of drug-likeness (QED) is 0.379. The number of hydrogen-bond donors (Lipinski definition) is 0. The van der Waals surface area contributed by atoms with Gasteiger partial charge in [-0.05, 0) is 19.3 Å². The van der Waals surface area contributed by atoms with Gasteiger partial charge in [0.2, 0.25) is 0 Å². The molecule has 0 N–H and O–H groups in total. The molecule has 0 amide bonds. The van der Waals surface area contributed by atoms with Crippen LogP contribution in [0, 0.1) is 0 Å². The molecule has 0 radical (unpaired) electrons. The van der Waals surface area contributed by atoms with Crippen molar-refractivity contribution < 1.29 is 4.74 Å². The summed E-state index contributed by atoms with van der Waals surface area (Å²) in [4.78, 5) is 0. The van der Waals surface area contributed by atoms with Gasteiger partial charge in [-0.1, -0.05) is 0 Å². The first kappa shape index (κ1) is 7.02. The lowest BCUT2D eigenvalue weighted by Crippen LogP contribution is -2.21. The number of ether oxygens (including phenoxy) is 1. The molecule has 1 nitrogen and oxygen atoms in total. The molecule has 1 aliphatic heterocycles. The standard InChI is InChI=1S/C5H11IOSi/c6-8-5-3-1-2-4-7-5/h5H,1-4,8H2. The molecule has 8 heavy (non-hydrogen) atoms. The van der Waals surface area contributed by atoms with Gasteiger partial charge in [0.05, 0.1) is 5.73 Å². The lowest BCUT2D eigenvalue weighted by atomic mass is 10.2. The Hall–Kier alpha value is 0.907. The number of halogens is 1. The van der Waals surface area contributed by atoms with E-state index in [4.69, 9.17) is 4.74 Å². The largest absolute Gasteiger partial charge is 0.381 e. The van der Waals surface area contributed by atoms with E-state index in [9.17, 15) is 0 Å². The Kier molecular flexibility index (Phi) is 3.37. The first-order chi connectivity index (χ1) is 3.93. The first-order valence-electron chi connectivity index (χ1n) is 3.11. The highest BCUT2D eigenvalue weighted by Gasteiger charge is 2.11. The highest BCUT2D eigenvalue weighted by molar-refractivity contribution is 14.1. The number of hydrogen-bond acceptors (Lipinski definition) is 1. The van der Waals surface area contributed by atoms with Gasteiger partial charge in [-0.3, -0.25) is 0 Å². The molecule has 1 fully saturated rings. The maximum atomic E-state index is 5.48. The molecule has 0 aromatic carbocycles. The van der Waals surface area contributed by atoms with E-state index in [1.165, 1.54) is 19.3 Å². The summed E-state index contributed by atoms with van der Waals surface area (Å²) in [5, 5.41) is 0. The monoisotopic (exact) mass is 242 g/mol. The van der Waals surface area contributed by atoms with Crippen LogP contribution in [0.4, 0.5) is 0 Å². The van der Waals surface area contributed by atoms with E-state index < -0.39 is 0 Å². The molecular formula is C5H11IOSi. The third-order valence-corrected chi connectivity index (χ3v) is 5.38. The zero-order valence-electron chi connectivity index (χ0n) is 4.90. The summed E-state index contributed by atoms with van der Waals surface area (Å²) in [7, 11) is 0.116. The van der Waals surface area contributed by atoms with Crippen molar-refractivity contribution in [2.24, 2.45) is 0 Å². The van der Waals surface area contributed by atoms with E-state index in [0.29, 0.717) is 5.73 Å². The van der Waals surface area contributed by atoms with Crippen molar-refractivity contribution in [3.05, 3.63) is 0 Å². The smallest absolute Gasteiger partial charge is 0.126 e. The molecule has 0 aliphatic carbocycles. The van der Waals surface area contributed by atoms with Crippen molar-refractivity contribution in [2.45, 2.75) is 25.0 Å². The fraction of sp³-hybridized carbons (Fsp3) is 1.00. The Morgan fingerprint density at radius 3 is 2.75 bits per heavy atom. The summed E-state index contributed by atoms with van der Waals surface area (Å²) in [6, 6.07) is 0. The van der Waals surface area contributed by atoms with Crippen molar-refractivity contribution in [3.63, 3.8) is 0 Å². The highest BCUT2D eigenvalue weighted by Crippen LogP contribution is 2.12. The summed E-state index contributed by atoms with van der Waals surface area (Å²) < 4.78 is 5.48. The Morgan fingerprint density at radius 1 is 1.50 bits per heavy atom. The van der Waals surface area contributed by atoms with Gasteiger partial charge >= 0.3 is 0 Å². The van der Waals surface area contributed by atoms with E-state index in [0.717, 1.165) is 6.61 Å². The molecule has 0 bridgehead atoms. The average molecular weight is 242 g/mol. The van der Waals surface area contributed by atoms with Gasteiger partial charge in [0.15, 0.2) is 0 Å². The normalized spacial score (nSPS) is 31.9. The molecule has 1 rings (SSSR count). The molecule has 1 aliphatic rings. The van der Waals surface area contributed by atoms with Crippen molar-refractivity contribution in [1.82, 2.24) is 0 Å². The maximum Gasteiger partial charge on any atom is 0.126 e. The van der Waals surface area contributed by atoms with Gasteiger partial charge in [-0.25, -0.2) is 0 Å². The molecule has 0 aromatic heterocycles. The summed E-state index contributed by atoms with van der Waals surface area (Å²) >= 11 is 2.52. The minimum Gasteiger partial charge on any atom is -0.381 e. The highest BCUT2D eigenvalue weighted by atomic mass is 127. The molecule has 1 heterocycles. The summed E-state index contributed by atoms with van der Waals surface area (Å²) in [5.74, 6) is 0. The fourth-order valence-corrected chi connectivity index (χ4v) is 3.71. The SMILES string of the molecule is I[SiH2]C1CCCCO1. The summed E-state index contributed by atoms with van der Waals surface area (Å²) in [6.45, 7) is 1.03. The molecule has 0 aromatic rings. The van der Waals surface area contributed by atoms with E-state index in [-0.39, 0.29) is 7.02 Å². The van der Waals surface area contributed by atoms with Crippen molar-refractivity contribution in [3.8, 4) is 0 Å². The van der Waals surface area contributed by atoms with Gasteiger partial charge in [0, 0.05) is 6.61 Å². The van der Waals surface area contributed by atoms with Gasteiger partial charge in [-0.15, -0.1) is 21.8 Å². The zero-order chi connectivity index (χ0) is 5.82. The number of rotatable bonds is 1. The lowest BCUT2D eigenvalue weighted by Gasteiger charge is -2.19. The van der Waals surface area contributed by atoms with Crippen LogP contribution in [-0.4, -0.2) is 19.4 Å². The van der Waals surface area contributed by atoms with Gasteiger partial charge in [0.25, 0.3) is 0 Å². The van der Waals surface area contributed by atoms with Crippen LogP contribution >= 0.6 is 21.8 Å². The molecule has 1 atom stereocenters. The van der Waals surface area contributed by atoms with E-state index in [1.807, 2.05) is 0 Å².